The highest BCUT2D eigenvalue weighted by molar-refractivity contribution is 5.92. The monoisotopic (exact) mass is 227 g/mol. The average molecular weight is 227 g/mol. The van der Waals surface area contributed by atoms with E-state index in [0.29, 0.717) is 0 Å². The molecule has 1 rings (SSSR count). The van der Waals surface area contributed by atoms with Crippen molar-refractivity contribution in [2.45, 2.75) is 6.43 Å². The molecule has 6 heteroatoms. The molecule has 0 saturated heterocycles. The molecule has 4 nitrogen and oxygen atoms in total. The van der Waals surface area contributed by atoms with Gasteiger partial charge >= 0.3 is 5.97 Å². The van der Waals surface area contributed by atoms with E-state index in [1.165, 1.54) is 6.07 Å². The van der Waals surface area contributed by atoms with E-state index in [4.69, 9.17) is 5.26 Å². The Hall–Kier alpha value is -2.16. The van der Waals surface area contributed by atoms with Crippen LogP contribution in [-0.4, -0.2) is 18.2 Å². The van der Waals surface area contributed by atoms with Crippen LogP contribution in [0.4, 0.5) is 8.78 Å². The van der Waals surface area contributed by atoms with Gasteiger partial charge in [-0.15, -0.1) is 0 Å². The second-order valence-electron chi connectivity index (χ2n) is 2.86. The van der Waals surface area contributed by atoms with Gasteiger partial charge in [0.1, 0.15) is 11.3 Å². The van der Waals surface area contributed by atoms with Crippen LogP contribution >= 0.6 is 0 Å². The first kappa shape index (κ1) is 11.9. The zero-order chi connectivity index (χ0) is 12.3. The molecule has 0 spiro atoms. The fourth-order valence-corrected chi connectivity index (χ4v) is 1.16. The van der Waals surface area contributed by atoms with Crippen molar-refractivity contribution in [1.29, 1.82) is 5.26 Å². The lowest BCUT2D eigenvalue weighted by Gasteiger charge is -2.07. The number of alkyl halides is 2. The highest BCUT2D eigenvalue weighted by Crippen LogP contribution is 2.29. The van der Waals surface area contributed by atoms with E-state index < -0.39 is 29.3 Å². The number of esters is 1. The molecule has 0 unspecified atom stereocenters. The summed E-state index contributed by atoms with van der Waals surface area (Å²) in [5.74, 6) is -1.50. The van der Waals surface area contributed by atoms with Crippen molar-refractivity contribution in [2.75, 3.05) is 7.11 Å². The fourth-order valence-electron chi connectivity index (χ4n) is 1.16. The zero-order valence-electron chi connectivity index (χ0n) is 8.20. The van der Waals surface area contributed by atoms with Crippen LogP contribution in [0.3, 0.4) is 0 Å². The highest BCUT2D eigenvalue weighted by Gasteiger charge is 2.20. The summed E-state index contributed by atoms with van der Waals surface area (Å²) in [7, 11) is 1.06. The van der Waals surface area contributed by atoms with Gasteiger partial charge in [-0.05, 0) is 12.1 Å². The van der Waals surface area contributed by atoms with Crippen molar-refractivity contribution in [1.82, 2.24) is 0 Å². The van der Waals surface area contributed by atoms with E-state index in [0.717, 1.165) is 19.2 Å². The molecule has 0 bridgehead atoms. The van der Waals surface area contributed by atoms with Gasteiger partial charge < -0.3 is 9.84 Å². The van der Waals surface area contributed by atoms with Gasteiger partial charge in [-0.25, -0.2) is 13.6 Å². The Bertz CT molecular complexity index is 466. The third-order valence-electron chi connectivity index (χ3n) is 1.93. The standard InChI is InChI=1S/C10H7F2NO3/c1-16-10(15)7-3-6(9(11)12)5(4-13)2-8(7)14/h2-3,9,14H,1H3. The lowest BCUT2D eigenvalue weighted by Crippen LogP contribution is -2.04. The number of hydrogen-bond donors (Lipinski definition) is 1. The molecule has 1 N–H and O–H groups in total. The number of rotatable bonds is 2. The van der Waals surface area contributed by atoms with Crippen molar-refractivity contribution < 1.29 is 23.4 Å². The number of ether oxygens (including phenoxy) is 1. The molecule has 0 radical (unpaired) electrons. The highest BCUT2D eigenvalue weighted by atomic mass is 19.3. The Morgan fingerprint density at radius 3 is 2.62 bits per heavy atom. The summed E-state index contributed by atoms with van der Waals surface area (Å²) >= 11 is 0. The summed E-state index contributed by atoms with van der Waals surface area (Å²) in [5, 5.41) is 17.9. The molecule has 0 aliphatic rings. The second kappa shape index (κ2) is 4.57. The maximum atomic E-state index is 12.5. The largest absolute Gasteiger partial charge is 0.507 e. The number of nitrogens with zero attached hydrogens (tertiary/aromatic N) is 1. The van der Waals surface area contributed by atoms with Crippen LogP contribution in [0.2, 0.25) is 0 Å². The van der Waals surface area contributed by atoms with Crippen LogP contribution in [0.25, 0.3) is 0 Å². The van der Waals surface area contributed by atoms with E-state index in [1.54, 1.807) is 0 Å². The van der Waals surface area contributed by atoms with Crippen LogP contribution in [0.15, 0.2) is 12.1 Å². The molecule has 0 heterocycles. The number of phenols is 1. The van der Waals surface area contributed by atoms with Crippen LogP contribution < -0.4 is 0 Å². The molecular weight excluding hydrogens is 220 g/mol. The minimum atomic E-state index is -2.90. The Morgan fingerprint density at radius 2 is 2.19 bits per heavy atom. The minimum absolute atomic E-state index is 0.375. The first-order valence-corrected chi connectivity index (χ1v) is 4.14. The number of carbonyl (C=O) groups is 1. The van der Waals surface area contributed by atoms with Crippen molar-refractivity contribution in [3.63, 3.8) is 0 Å². The SMILES string of the molecule is COC(=O)c1cc(C(F)F)c(C#N)cc1O. The summed E-state index contributed by atoms with van der Waals surface area (Å²) in [4.78, 5) is 11.1. The summed E-state index contributed by atoms with van der Waals surface area (Å²) in [5.41, 5.74) is -1.38. The number of phenolic OH excluding ortho intramolecular Hbond substituents is 1. The number of nitriles is 1. The number of carbonyl (C=O) groups excluding carboxylic acids is 1. The Morgan fingerprint density at radius 1 is 1.56 bits per heavy atom. The smallest absolute Gasteiger partial charge is 0.341 e. The van der Waals surface area contributed by atoms with Crippen molar-refractivity contribution in [2.24, 2.45) is 0 Å². The summed E-state index contributed by atoms with van der Waals surface area (Å²) in [6.07, 6.45) is -2.90. The maximum absolute atomic E-state index is 12.5. The maximum Gasteiger partial charge on any atom is 0.341 e. The van der Waals surface area contributed by atoms with Gasteiger partial charge in [0.05, 0.1) is 18.7 Å². The van der Waals surface area contributed by atoms with E-state index in [1.807, 2.05) is 0 Å². The number of hydrogen-bond acceptors (Lipinski definition) is 4. The van der Waals surface area contributed by atoms with Crippen LogP contribution in [0, 0.1) is 11.3 Å². The Balaban J connectivity index is 3.40. The molecular formula is C10H7F2NO3. The molecule has 1 aromatic carbocycles. The number of benzene rings is 1. The minimum Gasteiger partial charge on any atom is -0.507 e. The Kier molecular flexibility index (Phi) is 3.40. The van der Waals surface area contributed by atoms with Gasteiger partial charge in [-0.2, -0.15) is 5.26 Å². The number of methoxy groups -OCH3 is 1. The fraction of sp³-hybridized carbons (Fsp3) is 0.200. The van der Waals surface area contributed by atoms with Crippen LogP contribution in [0.1, 0.15) is 27.9 Å². The van der Waals surface area contributed by atoms with E-state index in [-0.39, 0.29) is 5.56 Å². The lowest BCUT2D eigenvalue weighted by atomic mass is 10.0. The first-order chi connectivity index (χ1) is 7.51. The van der Waals surface area contributed by atoms with E-state index >= 15 is 0 Å². The lowest BCUT2D eigenvalue weighted by molar-refractivity contribution is 0.0597. The molecule has 0 saturated carbocycles. The van der Waals surface area contributed by atoms with Crippen molar-refractivity contribution >= 4 is 5.97 Å². The molecule has 0 fully saturated rings. The normalized spacial score (nSPS) is 9.94. The summed E-state index contributed by atoms with van der Waals surface area (Å²) in [6.45, 7) is 0. The molecule has 0 aromatic heterocycles. The van der Waals surface area contributed by atoms with Crippen molar-refractivity contribution in [3.8, 4) is 11.8 Å². The van der Waals surface area contributed by atoms with Crippen LogP contribution in [0.5, 0.6) is 5.75 Å². The summed E-state index contributed by atoms with van der Waals surface area (Å²) < 4.78 is 29.3. The predicted molar refractivity (Wildman–Crippen MR) is 49.1 cm³/mol. The van der Waals surface area contributed by atoms with Gasteiger partial charge in [0.2, 0.25) is 0 Å². The molecule has 0 atom stereocenters. The first-order valence-electron chi connectivity index (χ1n) is 4.14. The van der Waals surface area contributed by atoms with Gasteiger partial charge in [0.25, 0.3) is 6.43 Å². The molecule has 16 heavy (non-hydrogen) atoms. The van der Waals surface area contributed by atoms with Crippen molar-refractivity contribution in [3.05, 3.63) is 28.8 Å². The van der Waals surface area contributed by atoms with E-state index in [2.05, 4.69) is 4.74 Å². The predicted octanol–water partition coefficient (Wildman–Crippen LogP) is 1.99. The quantitative estimate of drug-likeness (QED) is 0.784. The topological polar surface area (TPSA) is 70.3 Å². The van der Waals surface area contributed by atoms with Gasteiger partial charge in [-0.1, -0.05) is 0 Å². The Labute approximate surface area is 89.7 Å². The van der Waals surface area contributed by atoms with Crippen LogP contribution in [-0.2, 0) is 4.74 Å². The number of halogens is 2. The van der Waals surface area contributed by atoms with Gasteiger partial charge in [-0.3, -0.25) is 0 Å². The summed E-state index contributed by atoms with van der Waals surface area (Å²) in [6, 6.07) is 3.08. The zero-order valence-corrected chi connectivity index (χ0v) is 8.20. The average Bonchev–Trinajstić information content (AvgIpc) is 2.27. The molecule has 1 aromatic rings. The van der Waals surface area contributed by atoms with Gasteiger partial charge in [0.15, 0.2) is 0 Å². The molecule has 84 valence electrons. The molecule has 0 amide bonds. The molecule has 0 aliphatic carbocycles. The third-order valence-corrected chi connectivity index (χ3v) is 1.93. The molecule has 0 aliphatic heterocycles. The number of aromatic hydroxyl groups is 1. The van der Waals surface area contributed by atoms with E-state index in [9.17, 15) is 18.7 Å². The third kappa shape index (κ3) is 2.08. The van der Waals surface area contributed by atoms with Gasteiger partial charge in [0, 0.05) is 5.56 Å². The second-order valence-corrected chi connectivity index (χ2v) is 2.86.